The van der Waals surface area contributed by atoms with Crippen molar-refractivity contribution in [3.05, 3.63) is 83.1 Å². The van der Waals surface area contributed by atoms with E-state index in [0.717, 1.165) is 11.1 Å². The van der Waals surface area contributed by atoms with Gasteiger partial charge in [-0.05, 0) is 50.2 Å². The highest BCUT2D eigenvalue weighted by molar-refractivity contribution is 5.95. The molecule has 6 heteroatoms. The third-order valence-corrected chi connectivity index (χ3v) is 3.95. The van der Waals surface area contributed by atoms with Gasteiger partial charge >= 0.3 is 5.97 Å². The van der Waals surface area contributed by atoms with Gasteiger partial charge in [0, 0.05) is 11.1 Å². The van der Waals surface area contributed by atoms with Gasteiger partial charge in [-0.2, -0.15) is 5.10 Å². The normalized spacial score (nSPS) is 10.8. The van der Waals surface area contributed by atoms with Crippen LogP contribution in [0.3, 0.4) is 0 Å². The van der Waals surface area contributed by atoms with Crippen LogP contribution in [-0.2, 0) is 4.74 Å². The molecule has 0 aliphatic heterocycles. The number of nitrogens with one attached hydrogen (secondary N) is 1. The molecule has 1 N–H and O–H groups in total. The van der Waals surface area contributed by atoms with E-state index in [1.165, 1.54) is 6.21 Å². The van der Waals surface area contributed by atoms with Gasteiger partial charge in [0.05, 0.1) is 18.4 Å². The minimum absolute atomic E-state index is 0.290. The van der Waals surface area contributed by atoms with Crippen LogP contribution in [0.2, 0.25) is 0 Å². The first-order valence-corrected chi connectivity index (χ1v) is 8.84. The summed E-state index contributed by atoms with van der Waals surface area (Å²) in [5.74, 6) is 0.475. The molecule has 1 heterocycles. The van der Waals surface area contributed by atoms with Gasteiger partial charge in [-0.15, -0.1) is 0 Å². The van der Waals surface area contributed by atoms with Crippen LogP contribution in [-0.4, -0.2) is 24.7 Å². The Kier molecular flexibility index (Phi) is 6.01. The van der Waals surface area contributed by atoms with Crippen molar-refractivity contribution in [2.45, 2.75) is 13.8 Å². The summed E-state index contributed by atoms with van der Waals surface area (Å²) in [4.78, 5) is 23.7. The van der Waals surface area contributed by atoms with Crippen molar-refractivity contribution in [3.8, 4) is 11.3 Å². The summed E-state index contributed by atoms with van der Waals surface area (Å²) in [5, 5.41) is 3.93. The maximum absolute atomic E-state index is 12.1. The van der Waals surface area contributed by atoms with E-state index in [-0.39, 0.29) is 11.9 Å². The molecular formula is C22H20N2O4. The number of carbonyl (C=O) groups is 2. The fourth-order valence-corrected chi connectivity index (χ4v) is 2.57. The Hall–Kier alpha value is -3.67. The standard InChI is InChI=1S/C22H20N2O4/c1-3-27-22(26)17-9-7-16(8-10-17)20-12-11-19(28-20)14-23-24-21(25)18-6-4-5-15(2)13-18/h4-14H,3H2,1-2H3,(H,24,25)/b23-14+. The largest absolute Gasteiger partial charge is 0.462 e. The number of hydrogen-bond donors (Lipinski definition) is 1. The first-order chi connectivity index (χ1) is 13.6. The van der Waals surface area contributed by atoms with Crippen LogP contribution in [0, 0.1) is 6.92 Å². The molecule has 1 aromatic heterocycles. The number of benzene rings is 2. The minimum atomic E-state index is -0.356. The second-order valence-electron chi connectivity index (χ2n) is 6.07. The van der Waals surface area contributed by atoms with Crippen molar-refractivity contribution in [2.24, 2.45) is 5.10 Å². The maximum Gasteiger partial charge on any atom is 0.338 e. The summed E-state index contributed by atoms with van der Waals surface area (Å²) < 4.78 is 10.7. The maximum atomic E-state index is 12.1. The Balaban J connectivity index is 1.63. The van der Waals surface area contributed by atoms with Gasteiger partial charge in [0.15, 0.2) is 0 Å². The number of hydrogen-bond acceptors (Lipinski definition) is 5. The summed E-state index contributed by atoms with van der Waals surface area (Å²) >= 11 is 0. The molecule has 0 aliphatic rings. The number of nitrogens with zero attached hydrogens (tertiary/aromatic N) is 1. The van der Waals surface area contributed by atoms with E-state index >= 15 is 0 Å². The van der Waals surface area contributed by atoms with Gasteiger partial charge in [0.2, 0.25) is 0 Å². The monoisotopic (exact) mass is 376 g/mol. The van der Waals surface area contributed by atoms with Crippen LogP contribution >= 0.6 is 0 Å². The van der Waals surface area contributed by atoms with Crippen LogP contribution in [0.1, 0.15) is 39.0 Å². The summed E-state index contributed by atoms with van der Waals surface area (Å²) in [5.41, 5.74) is 5.32. The number of hydrazone groups is 1. The van der Waals surface area contributed by atoms with E-state index in [1.54, 1.807) is 55.5 Å². The fourth-order valence-electron chi connectivity index (χ4n) is 2.57. The third-order valence-electron chi connectivity index (χ3n) is 3.95. The highest BCUT2D eigenvalue weighted by Crippen LogP contribution is 2.22. The Morgan fingerprint density at radius 3 is 2.57 bits per heavy atom. The zero-order chi connectivity index (χ0) is 19.9. The number of carbonyl (C=O) groups excluding carboxylic acids is 2. The minimum Gasteiger partial charge on any atom is -0.462 e. The van der Waals surface area contributed by atoms with E-state index < -0.39 is 0 Å². The van der Waals surface area contributed by atoms with E-state index in [2.05, 4.69) is 10.5 Å². The molecule has 3 aromatic rings. The lowest BCUT2D eigenvalue weighted by molar-refractivity contribution is 0.0526. The SMILES string of the molecule is CCOC(=O)c1ccc(-c2ccc(/C=N/NC(=O)c3cccc(C)c3)o2)cc1. The van der Waals surface area contributed by atoms with Crippen molar-refractivity contribution in [2.75, 3.05) is 6.61 Å². The second kappa shape index (κ2) is 8.81. The van der Waals surface area contributed by atoms with E-state index in [0.29, 0.717) is 29.3 Å². The molecule has 3 rings (SSSR count). The lowest BCUT2D eigenvalue weighted by Gasteiger charge is -2.02. The third kappa shape index (κ3) is 4.73. The van der Waals surface area contributed by atoms with Crippen LogP contribution in [0.15, 0.2) is 70.2 Å². The summed E-state index contributed by atoms with van der Waals surface area (Å²) in [6.45, 7) is 4.02. The number of rotatable bonds is 6. The second-order valence-corrected chi connectivity index (χ2v) is 6.07. The first-order valence-electron chi connectivity index (χ1n) is 8.84. The molecule has 28 heavy (non-hydrogen) atoms. The lowest BCUT2D eigenvalue weighted by atomic mass is 10.1. The Morgan fingerprint density at radius 1 is 1.07 bits per heavy atom. The molecule has 0 bridgehead atoms. The molecule has 0 saturated carbocycles. The van der Waals surface area contributed by atoms with Crippen LogP contribution < -0.4 is 5.43 Å². The smallest absolute Gasteiger partial charge is 0.338 e. The lowest BCUT2D eigenvalue weighted by Crippen LogP contribution is -2.17. The van der Waals surface area contributed by atoms with Gasteiger partial charge in [0.1, 0.15) is 11.5 Å². The average Bonchev–Trinajstić information content (AvgIpc) is 3.17. The molecule has 142 valence electrons. The van der Waals surface area contributed by atoms with Gasteiger partial charge in [-0.3, -0.25) is 4.79 Å². The van der Waals surface area contributed by atoms with E-state index in [1.807, 2.05) is 19.1 Å². The van der Waals surface area contributed by atoms with Gasteiger partial charge < -0.3 is 9.15 Å². The molecule has 0 unspecified atom stereocenters. The quantitative estimate of drug-likeness (QED) is 0.397. The molecule has 0 fully saturated rings. The van der Waals surface area contributed by atoms with Crippen molar-refractivity contribution in [1.29, 1.82) is 0 Å². The summed E-state index contributed by atoms with van der Waals surface area (Å²) in [6, 6.07) is 17.7. The average molecular weight is 376 g/mol. The van der Waals surface area contributed by atoms with Crippen molar-refractivity contribution >= 4 is 18.1 Å². The van der Waals surface area contributed by atoms with Gasteiger partial charge in [-0.25, -0.2) is 10.2 Å². The molecule has 1 amide bonds. The first kappa shape index (κ1) is 19.1. The van der Waals surface area contributed by atoms with Crippen LogP contribution in [0.5, 0.6) is 0 Å². The molecule has 6 nitrogen and oxygen atoms in total. The molecule has 0 spiro atoms. The Labute approximate surface area is 162 Å². The number of furan rings is 1. The molecule has 0 saturated heterocycles. The van der Waals surface area contributed by atoms with Crippen molar-refractivity contribution in [3.63, 3.8) is 0 Å². The van der Waals surface area contributed by atoms with Gasteiger partial charge in [-0.1, -0.05) is 29.8 Å². The van der Waals surface area contributed by atoms with Crippen molar-refractivity contribution < 1.29 is 18.7 Å². The predicted octanol–water partition coefficient (Wildman–Crippen LogP) is 4.20. The Morgan fingerprint density at radius 2 is 1.86 bits per heavy atom. The zero-order valence-corrected chi connectivity index (χ0v) is 15.6. The van der Waals surface area contributed by atoms with E-state index in [4.69, 9.17) is 9.15 Å². The van der Waals surface area contributed by atoms with E-state index in [9.17, 15) is 9.59 Å². The number of esters is 1. The number of aryl methyl sites for hydroxylation is 1. The van der Waals surface area contributed by atoms with Gasteiger partial charge in [0.25, 0.3) is 5.91 Å². The molecule has 0 aliphatic carbocycles. The summed E-state index contributed by atoms with van der Waals surface area (Å²) in [6.07, 6.45) is 1.43. The van der Waals surface area contributed by atoms with Crippen LogP contribution in [0.25, 0.3) is 11.3 Å². The molecular weight excluding hydrogens is 356 g/mol. The topological polar surface area (TPSA) is 80.9 Å². The van der Waals surface area contributed by atoms with Crippen molar-refractivity contribution in [1.82, 2.24) is 5.43 Å². The summed E-state index contributed by atoms with van der Waals surface area (Å²) in [7, 11) is 0. The zero-order valence-electron chi connectivity index (χ0n) is 15.6. The fraction of sp³-hybridized carbons (Fsp3) is 0.136. The number of amides is 1. The Bertz CT molecular complexity index is 1000. The molecule has 0 radical (unpaired) electrons. The highest BCUT2D eigenvalue weighted by atomic mass is 16.5. The van der Waals surface area contributed by atoms with Crippen LogP contribution in [0.4, 0.5) is 0 Å². The highest BCUT2D eigenvalue weighted by Gasteiger charge is 2.08. The predicted molar refractivity (Wildman–Crippen MR) is 106 cm³/mol. The molecule has 0 atom stereocenters. The number of ether oxygens (including phenoxy) is 1. The molecule has 2 aromatic carbocycles.